The molecule has 0 aliphatic heterocycles. The van der Waals surface area contributed by atoms with Gasteiger partial charge >= 0.3 is 5.97 Å². The van der Waals surface area contributed by atoms with Crippen molar-refractivity contribution < 1.29 is 19.4 Å². The monoisotopic (exact) mass is 216 g/mol. The zero-order chi connectivity index (χ0) is 11.9. The molecule has 0 aromatic heterocycles. The summed E-state index contributed by atoms with van der Waals surface area (Å²) in [5, 5.41) is 9.66. The van der Waals surface area contributed by atoms with Gasteiger partial charge in [-0.05, 0) is 19.8 Å². The number of carbonyl (C=O) groups excluding carboxylic acids is 2. The summed E-state index contributed by atoms with van der Waals surface area (Å²) in [6.45, 7) is 5.23. The van der Waals surface area contributed by atoms with E-state index in [1.165, 1.54) is 6.92 Å². The minimum absolute atomic E-state index is 0.190. The first-order valence-corrected chi connectivity index (χ1v) is 5.39. The van der Waals surface area contributed by atoms with Crippen molar-refractivity contribution in [1.29, 1.82) is 0 Å². The fourth-order valence-corrected chi connectivity index (χ4v) is 1.03. The van der Waals surface area contributed by atoms with Crippen LogP contribution in [0, 0.1) is 0 Å². The van der Waals surface area contributed by atoms with Crippen molar-refractivity contribution in [1.82, 2.24) is 0 Å². The molecule has 0 spiro atoms. The van der Waals surface area contributed by atoms with Crippen LogP contribution in [0.25, 0.3) is 0 Å². The molecule has 1 atom stereocenters. The molecule has 88 valence electrons. The van der Waals surface area contributed by atoms with Crippen LogP contribution in [0.5, 0.6) is 0 Å². The van der Waals surface area contributed by atoms with Crippen molar-refractivity contribution in [3.63, 3.8) is 0 Å². The van der Waals surface area contributed by atoms with Gasteiger partial charge in [0, 0.05) is 6.42 Å². The number of carbonyl (C=O) groups is 2. The molecule has 0 bridgehead atoms. The highest BCUT2D eigenvalue weighted by Gasteiger charge is 2.39. The fourth-order valence-electron chi connectivity index (χ4n) is 1.03. The Kier molecular flexibility index (Phi) is 6.17. The third kappa shape index (κ3) is 4.42. The Morgan fingerprint density at radius 2 is 1.87 bits per heavy atom. The molecule has 0 aromatic rings. The summed E-state index contributed by atoms with van der Waals surface area (Å²) in [6, 6.07) is 0. The molecule has 0 saturated carbocycles. The highest BCUT2D eigenvalue weighted by molar-refractivity contribution is 6.06. The van der Waals surface area contributed by atoms with Crippen LogP contribution >= 0.6 is 0 Å². The number of rotatable bonds is 7. The first kappa shape index (κ1) is 14.1. The first-order valence-electron chi connectivity index (χ1n) is 5.39. The maximum Gasteiger partial charge on any atom is 0.345 e. The van der Waals surface area contributed by atoms with Gasteiger partial charge in [0.1, 0.15) is 0 Å². The van der Waals surface area contributed by atoms with Crippen molar-refractivity contribution in [2.45, 2.75) is 52.1 Å². The molecule has 0 rings (SSSR count). The molecule has 0 amide bonds. The van der Waals surface area contributed by atoms with Crippen molar-refractivity contribution >= 4 is 11.8 Å². The standard InChI is InChI=1S/C11H20O4/c1-4-6-8-15-10(13)11(3,14)9(12)7-5-2/h14H,4-8H2,1-3H3. The number of unbranched alkanes of at least 4 members (excludes halogenated alkanes) is 1. The maximum absolute atomic E-state index is 11.4. The van der Waals surface area contributed by atoms with E-state index in [2.05, 4.69) is 0 Å². The van der Waals surface area contributed by atoms with E-state index in [1.807, 2.05) is 13.8 Å². The molecule has 0 radical (unpaired) electrons. The topological polar surface area (TPSA) is 63.6 Å². The molecule has 15 heavy (non-hydrogen) atoms. The van der Waals surface area contributed by atoms with Gasteiger partial charge in [0.15, 0.2) is 5.78 Å². The smallest absolute Gasteiger partial charge is 0.345 e. The van der Waals surface area contributed by atoms with Crippen LogP contribution < -0.4 is 0 Å². The Morgan fingerprint density at radius 1 is 1.27 bits per heavy atom. The first-order chi connectivity index (χ1) is 6.96. The van der Waals surface area contributed by atoms with E-state index < -0.39 is 17.4 Å². The van der Waals surface area contributed by atoms with Crippen LogP contribution in [0.1, 0.15) is 46.5 Å². The number of esters is 1. The van der Waals surface area contributed by atoms with Crippen LogP contribution in [0.4, 0.5) is 0 Å². The molecule has 0 aliphatic rings. The third-order valence-corrected chi connectivity index (χ3v) is 2.15. The van der Waals surface area contributed by atoms with Gasteiger partial charge in [-0.2, -0.15) is 0 Å². The van der Waals surface area contributed by atoms with Crippen molar-refractivity contribution in [3.8, 4) is 0 Å². The lowest BCUT2D eigenvalue weighted by atomic mass is 9.98. The number of hydrogen-bond donors (Lipinski definition) is 1. The second-order valence-corrected chi connectivity index (χ2v) is 3.73. The Morgan fingerprint density at radius 3 is 2.33 bits per heavy atom. The SMILES string of the molecule is CCCCOC(=O)C(C)(O)C(=O)CCC. The van der Waals surface area contributed by atoms with Crippen LogP contribution in [0.2, 0.25) is 0 Å². The Labute approximate surface area is 90.6 Å². The van der Waals surface area contributed by atoms with Crippen LogP contribution in [0.15, 0.2) is 0 Å². The van der Waals surface area contributed by atoms with Gasteiger partial charge in [-0.3, -0.25) is 4.79 Å². The fraction of sp³-hybridized carbons (Fsp3) is 0.818. The molecule has 0 fully saturated rings. The van der Waals surface area contributed by atoms with Crippen LogP contribution in [-0.4, -0.2) is 29.1 Å². The Balaban J connectivity index is 4.19. The second-order valence-electron chi connectivity index (χ2n) is 3.73. The number of ketones is 1. The zero-order valence-corrected chi connectivity index (χ0v) is 9.71. The van der Waals surface area contributed by atoms with E-state index in [0.29, 0.717) is 6.42 Å². The van der Waals surface area contributed by atoms with Crippen LogP contribution in [-0.2, 0) is 14.3 Å². The molecule has 1 N–H and O–H groups in total. The van der Waals surface area contributed by atoms with E-state index in [9.17, 15) is 14.7 Å². The predicted octanol–water partition coefficient (Wildman–Crippen LogP) is 1.45. The molecule has 0 aliphatic carbocycles. The van der Waals surface area contributed by atoms with Crippen LogP contribution in [0.3, 0.4) is 0 Å². The van der Waals surface area contributed by atoms with Gasteiger partial charge in [-0.15, -0.1) is 0 Å². The van der Waals surface area contributed by atoms with Gasteiger partial charge in [0.2, 0.25) is 5.60 Å². The van der Waals surface area contributed by atoms with Crippen molar-refractivity contribution in [3.05, 3.63) is 0 Å². The molecular weight excluding hydrogens is 196 g/mol. The number of ether oxygens (including phenoxy) is 1. The highest BCUT2D eigenvalue weighted by atomic mass is 16.5. The average Bonchev–Trinajstić information content (AvgIpc) is 2.18. The molecule has 0 aromatic carbocycles. The summed E-state index contributed by atoms with van der Waals surface area (Å²) in [7, 11) is 0. The largest absolute Gasteiger partial charge is 0.463 e. The minimum Gasteiger partial charge on any atom is -0.463 e. The van der Waals surface area contributed by atoms with E-state index in [-0.39, 0.29) is 13.0 Å². The lowest BCUT2D eigenvalue weighted by Crippen LogP contribution is -2.44. The molecular formula is C11H20O4. The average molecular weight is 216 g/mol. The normalized spacial score (nSPS) is 14.4. The third-order valence-electron chi connectivity index (χ3n) is 2.15. The van der Waals surface area contributed by atoms with E-state index in [0.717, 1.165) is 12.8 Å². The summed E-state index contributed by atoms with van der Waals surface area (Å²) < 4.78 is 4.80. The number of Topliss-reactive ketones (excluding diaryl/α,β-unsaturated/α-hetero) is 1. The summed E-state index contributed by atoms with van der Waals surface area (Å²) in [4.78, 5) is 22.8. The van der Waals surface area contributed by atoms with Gasteiger partial charge in [-0.25, -0.2) is 4.79 Å². The van der Waals surface area contributed by atoms with Gasteiger partial charge in [-0.1, -0.05) is 20.3 Å². The van der Waals surface area contributed by atoms with Gasteiger partial charge < -0.3 is 9.84 Å². The van der Waals surface area contributed by atoms with E-state index in [4.69, 9.17) is 4.74 Å². The molecule has 0 heterocycles. The van der Waals surface area contributed by atoms with Crippen molar-refractivity contribution in [2.24, 2.45) is 0 Å². The summed E-state index contributed by atoms with van der Waals surface area (Å²) >= 11 is 0. The van der Waals surface area contributed by atoms with Gasteiger partial charge in [0.05, 0.1) is 6.61 Å². The highest BCUT2D eigenvalue weighted by Crippen LogP contribution is 2.12. The lowest BCUT2D eigenvalue weighted by Gasteiger charge is -2.19. The molecule has 1 unspecified atom stereocenters. The number of aliphatic hydroxyl groups is 1. The van der Waals surface area contributed by atoms with E-state index >= 15 is 0 Å². The summed E-state index contributed by atoms with van der Waals surface area (Å²) in [6.07, 6.45) is 2.44. The van der Waals surface area contributed by atoms with E-state index in [1.54, 1.807) is 0 Å². The molecule has 4 heteroatoms. The summed E-state index contributed by atoms with van der Waals surface area (Å²) in [5.74, 6) is -1.32. The van der Waals surface area contributed by atoms with Gasteiger partial charge in [0.25, 0.3) is 0 Å². The minimum atomic E-state index is -1.98. The lowest BCUT2D eigenvalue weighted by molar-refractivity contribution is -0.168. The quantitative estimate of drug-likeness (QED) is 0.397. The molecule has 4 nitrogen and oxygen atoms in total. The second kappa shape index (κ2) is 6.56. The predicted molar refractivity (Wildman–Crippen MR) is 56.4 cm³/mol. The Hall–Kier alpha value is -0.900. The van der Waals surface area contributed by atoms with Crippen molar-refractivity contribution in [2.75, 3.05) is 6.61 Å². The molecule has 0 saturated heterocycles. The zero-order valence-electron chi connectivity index (χ0n) is 9.71. The maximum atomic E-state index is 11.4. The summed E-state index contributed by atoms with van der Waals surface area (Å²) in [5.41, 5.74) is -1.98. The number of hydrogen-bond acceptors (Lipinski definition) is 4. The Bertz CT molecular complexity index is 221.